The molecule has 1 atom stereocenters. The molecule has 1 unspecified atom stereocenters. The summed E-state index contributed by atoms with van der Waals surface area (Å²) in [4.78, 5) is 18.1. The Balaban J connectivity index is 1.67. The molecule has 0 aliphatic heterocycles. The van der Waals surface area contributed by atoms with E-state index in [0.29, 0.717) is 27.1 Å². The Hall–Kier alpha value is -3.59. The highest BCUT2D eigenvalue weighted by Crippen LogP contribution is 2.37. The smallest absolute Gasteiger partial charge is 0.437 e. The van der Waals surface area contributed by atoms with E-state index in [-0.39, 0.29) is 40.9 Å². The molecule has 0 spiro atoms. The molecule has 0 fully saturated rings. The Morgan fingerprint density at radius 3 is 2.81 bits per heavy atom. The van der Waals surface area contributed by atoms with Gasteiger partial charge in [-0.2, -0.15) is 10.2 Å². The first-order valence-corrected chi connectivity index (χ1v) is 12.2. The molecular weight excluding hydrogens is 567 g/mol. The maximum atomic E-state index is 15.6. The van der Waals surface area contributed by atoms with Gasteiger partial charge < -0.3 is 14.4 Å². The van der Waals surface area contributed by atoms with Gasteiger partial charge in [-0.1, -0.05) is 17.7 Å². The van der Waals surface area contributed by atoms with Gasteiger partial charge in [0.25, 0.3) is 0 Å². The van der Waals surface area contributed by atoms with Crippen molar-refractivity contribution in [1.82, 2.24) is 24.9 Å². The third-order valence-electron chi connectivity index (χ3n) is 5.22. The fourth-order valence-electron chi connectivity index (χ4n) is 3.73. The van der Waals surface area contributed by atoms with Gasteiger partial charge in [-0.15, -0.1) is 9.78 Å². The van der Waals surface area contributed by atoms with Crippen molar-refractivity contribution in [3.63, 3.8) is 0 Å². The topological polar surface area (TPSA) is 86.7 Å². The predicted molar refractivity (Wildman–Crippen MR) is 140 cm³/mol. The molecule has 0 saturated heterocycles. The highest BCUT2D eigenvalue weighted by molar-refractivity contribution is 9.10. The molecule has 0 radical (unpaired) electrons. The highest BCUT2D eigenvalue weighted by atomic mass is 79.9. The lowest BCUT2D eigenvalue weighted by molar-refractivity contribution is 0.0902. The molecule has 0 N–H and O–H groups in total. The van der Waals surface area contributed by atoms with E-state index in [2.05, 4.69) is 36.1 Å². The van der Waals surface area contributed by atoms with Gasteiger partial charge in [-0.3, -0.25) is 0 Å². The second kappa shape index (κ2) is 11.2. The number of likely N-dealkylation sites (N-methyl/N-ethyl adjacent to an activating group) is 1. The first kappa shape index (κ1) is 26.5. The zero-order valence-electron chi connectivity index (χ0n) is 20.1. The number of fused-ring (bicyclic) bond motifs is 1. The maximum Gasteiger partial charge on any atom is 0.437 e. The maximum absolute atomic E-state index is 15.6. The highest BCUT2D eigenvalue weighted by Gasteiger charge is 2.23. The first-order valence-electron chi connectivity index (χ1n) is 11.0. The van der Waals surface area contributed by atoms with Gasteiger partial charge in [-0.25, -0.2) is 14.0 Å². The summed E-state index contributed by atoms with van der Waals surface area (Å²) in [5.41, 5.74) is 1.15. The van der Waals surface area contributed by atoms with Crippen LogP contribution >= 0.6 is 27.5 Å². The number of hydrogen-bond acceptors (Lipinski definition) is 7. The van der Waals surface area contributed by atoms with Crippen molar-refractivity contribution < 1.29 is 18.7 Å². The van der Waals surface area contributed by atoms with Gasteiger partial charge in [-0.05, 0) is 72.8 Å². The molecule has 9 nitrogen and oxygen atoms in total. The summed E-state index contributed by atoms with van der Waals surface area (Å²) >= 11 is 9.38. The van der Waals surface area contributed by atoms with E-state index in [1.165, 1.54) is 24.4 Å². The van der Waals surface area contributed by atoms with E-state index < -0.39 is 11.9 Å². The van der Waals surface area contributed by atoms with E-state index in [4.69, 9.17) is 27.6 Å². The Kier molecular flexibility index (Phi) is 8.02. The van der Waals surface area contributed by atoms with Crippen LogP contribution in [0.5, 0.6) is 11.5 Å². The monoisotopic (exact) mass is 586 g/mol. The zero-order valence-corrected chi connectivity index (χ0v) is 22.4. The van der Waals surface area contributed by atoms with Gasteiger partial charge in [0.05, 0.1) is 22.9 Å². The summed E-state index contributed by atoms with van der Waals surface area (Å²) in [6.07, 6.45) is 0.412. The average Bonchev–Trinajstić information content (AvgIpc) is 3.21. The largest absolute Gasteiger partial charge is 0.454 e. The molecule has 0 amide bonds. The van der Waals surface area contributed by atoms with E-state index >= 15 is 4.39 Å². The molecule has 0 aliphatic carbocycles. The van der Waals surface area contributed by atoms with E-state index in [1.807, 2.05) is 19.0 Å². The summed E-state index contributed by atoms with van der Waals surface area (Å²) in [5, 5.41) is 13.1. The number of carbonyl (C=O) groups excluding carboxylic acids is 1. The fraction of sp³-hybridized carbons (Fsp3) is 0.240. The lowest BCUT2D eigenvalue weighted by atomic mass is 10.1. The minimum absolute atomic E-state index is 0.0358. The normalized spacial score (nSPS) is 11.9. The van der Waals surface area contributed by atoms with Crippen molar-refractivity contribution in [1.29, 1.82) is 0 Å². The number of benzene rings is 2. The number of halogens is 3. The predicted octanol–water partition coefficient (Wildman–Crippen LogP) is 6.25. The fourth-order valence-corrected chi connectivity index (χ4v) is 4.34. The second-order valence-electron chi connectivity index (χ2n) is 8.47. The minimum atomic E-state index is -0.706. The summed E-state index contributed by atoms with van der Waals surface area (Å²) in [6.45, 7) is 9.50. The van der Waals surface area contributed by atoms with Gasteiger partial charge in [0.1, 0.15) is 11.9 Å². The number of aromatic nitrogens is 4. The van der Waals surface area contributed by atoms with Crippen LogP contribution in [0.15, 0.2) is 47.1 Å². The number of ether oxygens (including phenoxy) is 2. The number of rotatable bonds is 7. The van der Waals surface area contributed by atoms with E-state index in [1.54, 1.807) is 25.1 Å². The molecule has 0 aliphatic rings. The number of nitrogens with zero attached hydrogens (tertiary/aromatic N) is 6. The van der Waals surface area contributed by atoms with Crippen LogP contribution in [0.1, 0.15) is 18.2 Å². The minimum Gasteiger partial charge on any atom is -0.454 e. The molecule has 0 bridgehead atoms. The molecule has 2 heterocycles. The van der Waals surface area contributed by atoms with Crippen molar-refractivity contribution in [2.75, 3.05) is 20.6 Å². The lowest BCUT2D eigenvalue weighted by Crippen LogP contribution is -2.30. The van der Waals surface area contributed by atoms with Crippen LogP contribution in [0.3, 0.4) is 0 Å². The SMILES string of the molecule is [C-]#[N+]c1cc(Cl)cc(Oc2c(Br)ccc(Cc3nn(C(=O)OC(C)CN(C)C)c4nnccc34)c2F)c1. The molecule has 4 rings (SSSR count). The van der Waals surface area contributed by atoms with Crippen LogP contribution in [0.25, 0.3) is 15.9 Å². The van der Waals surface area contributed by atoms with Crippen molar-refractivity contribution >= 4 is 50.3 Å². The summed E-state index contributed by atoms with van der Waals surface area (Å²) in [7, 11) is 3.75. The van der Waals surface area contributed by atoms with Crippen molar-refractivity contribution in [2.24, 2.45) is 0 Å². The third-order valence-corrected chi connectivity index (χ3v) is 6.07. The summed E-state index contributed by atoms with van der Waals surface area (Å²) in [6, 6.07) is 9.33. The van der Waals surface area contributed by atoms with Gasteiger partial charge in [0, 0.05) is 23.4 Å². The van der Waals surface area contributed by atoms with Crippen LogP contribution < -0.4 is 4.74 Å². The summed E-state index contributed by atoms with van der Waals surface area (Å²) < 4.78 is 28.3. The Labute approximate surface area is 225 Å². The van der Waals surface area contributed by atoms with Crippen molar-refractivity contribution in [3.05, 3.63) is 80.6 Å². The lowest BCUT2D eigenvalue weighted by Gasteiger charge is -2.17. The zero-order chi connectivity index (χ0) is 26.7. The second-order valence-corrected chi connectivity index (χ2v) is 9.76. The first-order chi connectivity index (χ1) is 17.7. The van der Waals surface area contributed by atoms with Gasteiger partial charge >= 0.3 is 6.09 Å². The molecule has 190 valence electrons. The van der Waals surface area contributed by atoms with Crippen LogP contribution in [0.2, 0.25) is 5.02 Å². The Morgan fingerprint density at radius 1 is 1.30 bits per heavy atom. The van der Waals surface area contributed by atoms with Crippen LogP contribution in [-0.2, 0) is 11.2 Å². The molecular formula is C25H21BrClFN6O3. The molecule has 12 heteroatoms. The van der Waals surface area contributed by atoms with Crippen molar-refractivity contribution in [2.45, 2.75) is 19.4 Å². The molecule has 37 heavy (non-hydrogen) atoms. The van der Waals surface area contributed by atoms with Gasteiger partial charge in [0.2, 0.25) is 0 Å². The van der Waals surface area contributed by atoms with Crippen LogP contribution in [0, 0.1) is 12.4 Å². The molecule has 0 saturated carbocycles. The number of carbonyl (C=O) groups is 1. The average molecular weight is 588 g/mol. The summed E-state index contributed by atoms with van der Waals surface area (Å²) in [5.74, 6) is -0.489. The van der Waals surface area contributed by atoms with Crippen LogP contribution in [-0.4, -0.2) is 57.7 Å². The number of hydrogen-bond donors (Lipinski definition) is 0. The Bertz CT molecular complexity index is 1520. The van der Waals surface area contributed by atoms with Crippen molar-refractivity contribution in [3.8, 4) is 11.5 Å². The van der Waals surface area contributed by atoms with E-state index in [0.717, 1.165) is 4.68 Å². The van der Waals surface area contributed by atoms with Gasteiger partial charge in [0.15, 0.2) is 22.9 Å². The standard InChI is InChI=1S/C25H21BrClFN6O3/c1-14(13-33(3)4)36-25(35)34-24-19(7-8-30-31-24)21(32-34)9-15-5-6-20(26)23(22(15)28)37-18-11-16(27)10-17(12-18)29-2/h5-8,10-12,14H,9,13H2,1,3-4H3. The molecule has 2 aromatic heterocycles. The van der Waals surface area contributed by atoms with E-state index in [9.17, 15) is 4.79 Å². The third kappa shape index (κ3) is 6.05. The molecule has 4 aromatic rings. The molecule has 2 aromatic carbocycles. The quantitative estimate of drug-likeness (QED) is 0.236. The van der Waals surface area contributed by atoms with Crippen LogP contribution in [0.4, 0.5) is 14.9 Å². The Morgan fingerprint density at radius 2 is 2.08 bits per heavy atom.